The van der Waals surface area contributed by atoms with Crippen LogP contribution in [0.1, 0.15) is 24.4 Å². The van der Waals surface area contributed by atoms with E-state index in [1.165, 1.54) is 0 Å². The normalized spacial score (nSPS) is 15.9. The summed E-state index contributed by atoms with van der Waals surface area (Å²) in [5, 5.41) is 2.95. The highest BCUT2D eigenvalue weighted by Gasteiger charge is 2.30. The molecule has 7 nitrogen and oxygen atoms in total. The summed E-state index contributed by atoms with van der Waals surface area (Å²) in [5.41, 5.74) is 1.68. The third-order valence-corrected chi connectivity index (χ3v) is 4.93. The molecule has 1 aliphatic heterocycles. The summed E-state index contributed by atoms with van der Waals surface area (Å²) in [6.45, 7) is 0.701. The number of methoxy groups -OCH3 is 4. The minimum atomic E-state index is -0.160. The first-order valence-electron chi connectivity index (χ1n) is 9.12. The molecule has 1 saturated heterocycles. The molecule has 0 radical (unpaired) electrons. The van der Waals surface area contributed by atoms with E-state index in [1.807, 2.05) is 29.2 Å². The zero-order chi connectivity index (χ0) is 20.1. The molecular formula is C21H26N2O5. The van der Waals surface area contributed by atoms with Gasteiger partial charge in [-0.3, -0.25) is 0 Å². The molecule has 0 spiro atoms. The van der Waals surface area contributed by atoms with Crippen LogP contribution in [0, 0.1) is 0 Å². The van der Waals surface area contributed by atoms with E-state index in [4.69, 9.17) is 18.9 Å². The molecule has 0 aromatic heterocycles. The van der Waals surface area contributed by atoms with Crippen molar-refractivity contribution in [3.8, 4) is 23.0 Å². The van der Waals surface area contributed by atoms with E-state index < -0.39 is 0 Å². The number of anilines is 1. The quantitative estimate of drug-likeness (QED) is 0.810. The van der Waals surface area contributed by atoms with Gasteiger partial charge in [0, 0.05) is 18.7 Å². The van der Waals surface area contributed by atoms with Crippen molar-refractivity contribution in [1.82, 2.24) is 4.90 Å². The topological polar surface area (TPSA) is 69.3 Å². The molecule has 1 N–H and O–H groups in total. The van der Waals surface area contributed by atoms with E-state index in [9.17, 15) is 4.79 Å². The summed E-state index contributed by atoms with van der Waals surface area (Å²) in [6.07, 6.45) is 1.88. The number of amides is 2. The van der Waals surface area contributed by atoms with Crippen LogP contribution in [-0.2, 0) is 0 Å². The van der Waals surface area contributed by atoms with Crippen LogP contribution in [0.4, 0.5) is 10.5 Å². The Labute approximate surface area is 165 Å². The zero-order valence-electron chi connectivity index (χ0n) is 16.7. The maximum absolute atomic E-state index is 13.0. The van der Waals surface area contributed by atoms with Crippen molar-refractivity contribution in [3.63, 3.8) is 0 Å². The number of urea groups is 1. The standard InChI is InChI=1S/C21H26N2O5/c1-25-16-9-7-14(8-10-16)17-6-5-11-23(17)21(24)22-15-12-18(26-2)20(28-4)19(13-15)27-3/h7-10,12-13,17H,5-6,11H2,1-4H3,(H,22,24). The van der Waals surface area contributed by atoms with Crippen LogP contribution in [0.2, 0.25) is 0 Å². The molecule has 1 fully saturated rings. The van der Waals surface area contributed by atoms with E-state index in [0.717, 1.165) is 24.2 Å². The Balaban J connectivity index is 1.79. The highest BCUT2D eigenvalue weighted by molar-refractivity contribution is 5.90. The van der Waals surface area contributed by atoms with Gasteiger partial charge in [-0.25, -0.2) is 4.79 Å². The van der Waals surface area contributed by atoms with Crippen LogP contribution in [0.5, 0.6) is 23.0 Å². The van der Waals surface area contributed by atoms with Crippen LogP contribution in [0.3, 0.4) is 0 Å². The van der Waals surface area contributed by atoms with Gasteiger partial charge in [0.2, 0.25) is 5.75 Å². The highest BCUT2D eigenvalue weighted by Crippen LogP contribution is 2.40. The molecule has 0 bridgehead atoms. The first-order valence-corrected chi connectivity index (χ1v) is 9.12. The summed E-state index contributed by atoms with van der Waals surface area (Å²) in [7, 11) is 6.27. The van der Waals surface area contributed by atoms with Gasteiger partial charge < -0.3 is 29.2 Å². The smallest absolute Gasteiger partial charge is 0.322 e. The van der Waals surface area contributed by atoms with E-state index in [0.29, 0.717) is 29.5 Å². The van der Waals surface area contributed by atoms with Crippen LogP contribution in [0.15, 0.2) is 36.4 Å². The third kappa shape index (κ3) is 3.93. The summed E-state index contributed by atoms with van der Waals surface area (Å²) >= 11 is 0. The molecule has 1 atom stereocenters. The Morgan fingerprint density at radius 2 is 1.61 bits per heavy atom. The van der Waals surface area contributed by atoms with Gasteiger partial charge in [-0.2, -0.15) is 0 Å². The Morgan fingerprint density at radius 3 is 2.14 bits per heavy atom. The van der Waals surface area contributed by atoms with Crippen molar-refractivity contribution in [2.45, 2.75) is 18.9 Å². The maximum Gasteiger partial charge on any atom is 0.322 e. The lowest BCUT2D eigenvalue weighted by atomic mass is 10.0. The fourth-order valence-electron chi connectivity index (χ4n) is 3.53. The number of rotatable bonds is 6. The first-order chi connectivity index (χ1) is 13.6. The molecule has 0 aliphatic carbocycles. The van der Waals surface area contributed by atoms with E-state index in [2.05, 4.69) is 5.32 Å². The number of carbonyl (C=O) groups excluding carboxylic acids is 1. The maximum atomic E-state index is 13.0. The number of likely N-dealkylation sites (tertiary alicyclic amines) is 1. The van der Waals surface area contributed by atoms with E-state index in [-0.39, 0.29) is 12.1 Å². The minimum absolute atomic E-state index is 0.0351. The first kappa shape index (κ1) is 19.7. The van der Waals surface area contributed by atoms with Crippen molar-refractivity contribution < 1.29 is 23.7 Å². The number of nitrogens with one attached hydrogen (secondary N) is 1. The number of nitrogens with zero attached hydrogens (tertiary/aromatic N) is 1. The molecule has 2 aromatic rings. The summed E-state index contributed by atoms with van der Waals surface area (Å²) in [4.78, 5) is 14.8. The lowest BCUT2D eigenvalue weighted by Crippen LogP contribution is -2.34. The summed E-state index contributed by atoms with van der Waals surface area (Å²) in [6, 6.07) is 11.2. The monoisotopic (exact) mass is 386 g/mol. The molecule has 2 aromatic carbocycles. The van der Waals surface area contributed by atoms with Gasteiger partial charge in [0.15, 0.2) is 11.5 Å². The van der Waals surface area contributed by atoms with Crippen LogP contribution in [0.25, 0.3) is 0 Å². The fourth-order valence-corrected chi connectivity index (χ4v) is 3.53. The Morgan fingerprint density at radius 1 is 0.964 bits per heavy atom. The van der Waals surface area contributed by atoms with Crippen molar-refractivity contribution in [1.29, 1.82) is 0 Å². The largest absolute Gasteiger partial charge is 0.497 e. The Hall–Kier alpha value is -3.09. The van der Waals surface area contributed by atoms with Crippen molar-refractivity contribution in [3.05, 3.63) is 42.0 Å². The third-order valence-electron chi connectivity index (χ3n) is 4.93. The van der Waals surface area contributed by atoms with Gasteiger partial charge in [0.1, 0.15) is 5.75 Å². The average Bonchev–Trinajstić information content (AvgIpc) is 3.23. The number of ether oxygens (including phenoxy) is 4. The van der Waals surface area contributed by atoms with Gasteiger partial charge in [0.05, 0.1) is 40.2 Å². The zero-order valence-corrected chi connectivity index (χ0v) is 16.7. The molecule has 150 valence electrons. The SMILES string of the molecule is COc1ccc(C2CCCN2C(=O)Nc2cc(OC)c(OC)c(OC)c2)cc1. The van der Waals surface area contributed by atoms with Gasteiger partial charge in [-0.15, -0.1) is 0 Å². The molecule has 0 saturated carbocycles. The van der Waals surface area contributed by atoms with Crippen LogP contribution in [-0.4, -0.2) is 45.9 Å². The molecule has 1 aliphatic rings. The van der Waals surface area contributed by atoms with Crippen molar-refractivity contribution >= 4 is 11.7 Å². The molecule has 1 heterocycles. The van der Waals surface area contributed by atoms with E-state index in [1.54, 1.807) is 40.6 Å². The van der Waals surface area contributed by atoms with Crippen LogP contribution < -0.4 is 24.3 Å². The van der Waals surface area contributed by atoms with Crippen LogP contribution >= 0.6 is 0 Å². The molecular weight excluding hydrogens is 360 g/mol. The molecule has 28 heavy (non-hydrogen) atoms. The summed E-state index contributed by atoms with van der Waals surface area (Å²) < 4.78 is 21.3. The minimum Gasteiger partial charge on any atom is -0.497 e. The molecule has 1 unspecified atom stereocenters. The molecule has 2 amide bonds. The second-order valence-electron chi connectivity index (χ2n) is 6.47. The van der Waals surface area contributed by atoms with E-state index >= 15 is 0 Å². The van der Waals surface area contributed by atoms with Gasteiger partial charge in [-0.05, 0) is 30.5 Å². The predicted molar refractivity (Wildman–Crippen MR) is 107 cm³/mol. The number of benzene rings is 2. The molecule has 7 heteroatoms. The van der Waals surface area contributed by atoms with Gasteiger partial charge >= 0.3 is 6.03 Å². The Bertz CT molecular complexity index is 797. The number of hydrogen-bond acceptors (Lipinski definition) is 5. The number of hydrogen-bond donors (Lipinski definition) is 1. The molecule has 3 rings (SSSR count). The van der Waals surface area contributed by atoms with Crippen molar-refractivity contribution in [2.75, 3.05) is 40.3 Å². The number of carbonyl (C=O) groups is 1. The van der Waals surface area contributed by atoms with Gasteiger partial charge in [0.25, 0.3) is 0 Å². The fraction of sp³-hybridized carbons (Fsp3) is 0.381. The van der Waals surface area contributed by atoms with Gasteiger partial charge in [-0.1, -0.05) is 12.1 Å². The second kappa shape index (κ2) is 8.73. The average molecular weight is 386 g/mol. The Kier molecular flexibility index (Phi) is 6.13. The predicted octanol–water partition coefficient (Wildman–Crippen LogP) is 4.09. The summed E-state index contributed by atoms with van der Waals surface area (Å²) in [5.74, 6) is 2.27. The van der Waals surface area contributed by atoms with Crippen molar-refractivity contribution in [2.24, 2.45) is 0 Å². The lowest BCUT2D eigenvalue weighted by molar-refractivity contribution is 0.207. The second-order valence-corrected chi connectivity index (χ2v) is 6.47. The lowest BCUT2D eigenvalue weighted by Gasteiger charge is -2.26. The highest BCUT2D eigenvalue weighted by atomic mass is 16.5.